The molecule has 0 radical (unpaired) electrons. The molecule has 0 atom stereocenters. The van der Waals surface area contributed by atoms with Crippen LogP contribution in [0.4, 0.5) is 0 Å². The Morgan fingerprint density at radius 1 is 0.417 bits per heavy atom. The lowest BCUT2D eigenvalue weighted by atomic mass is 10.1. The number of hydrazine groups is 1. The second-order valence-corrected chi connectivity index (χ2v) is 12.6. The summed E-state index contributed by atoms with van der Waals surface area (Å²) in [4.78, 5) is 23.8. The standard InChI is InChI=1S/C30H60N2O2S2/c1-3-5-7-9-11-13-15-17-19-21-25-35-27-23-29(33)31-32-30(34)24-28-36-26-22-20-18-16-14-12-10-8-6-4-2/h3-28H2,1-2H3,(H,31,33)(H,32,34). The zero-order valence-corrected chi connectivity index (χ0v) is 25.7. The van der Waals surface area contributed by atoms with Crippen LogP contribution in [-0.4, -0.2) is 34.8 Å². The summed E-state index contributed by atoms with van der Waals surface area (Å²) < 4.78 is 0. The fraction of sp³-hybridized carbons (Fsp3) is 0.933. The van der Waals surface area contributed by atoms with Crippen molar-refractivity contribution in [1.82, 2.24) is 10.9 Å². The molecule has 4 nitrogen and oxygen atoms in total. The van der Waals surface area contributed by atoms with Crippen molar-refractivity contribution in [1.29, 1.82) is 0 Å². The highest BCUT2D eigenvalue weighted by atomic mass is 32.2. The monoisotopic (exact) mass is 544 g/mol. The number of carbonyl (C=O) groups excluding carboxylic acids is 2. The van der Waals surface area contributed by atoms with Crippen molar-refractivity contribution in [3.8, 4) is 0 Å². The summed E-state index contributed by atoms with van der Waals surface area (Å²) in [7, 11) is 0. The number of hydrogen-bond acceptors (Lipinski definition) is 4. The van der Waals surface area contributed by atoms with Gasteiger partial charge in [0.05, 0.1) is 0 Å². The van der Waals surface area contributed by atoms with E-state index >= 15 is 0 Å². The lowest BCUT2D eigenvalue weighted by Crippen LogP contribution is -2.41. The Morgan fingerprint density at radius 2 is 0.694 bits per heavy atom. The van der Waals surface area contributed by atoms with Gasteiger partial charge < -0.3 is 0 Å². The van der Waals surface area contributed by atoms with Gasteiger partial charge in [-0.15, -0.1) is 0 Å². The molecule has 0 rings (SSSR count). The summed E-state index contributed by atoms with van der Waals surface area (Å²) in [6.45, 7) is 4.53. The maximum Gasteiger partial charge on any atom is 0.239 e. The second-order valence-electron chi connectivity index (χ2n) is 10.2. The molecular formula is C30H60N2O2S2. The van der Waals surface area contributed by atoms with Crippen LogP contribution in [0.5, 0.6) is 0 Å². The van der Waals surface area contributed by atoms with E-state index in [4.69, 9.17) is 0 Å². The third-order valence-corrected chi connectivity index (χ3v) is 8.71. The molecule has 0 saturated heterocycles. The molecule has 6 heteroatoms. The zero-order valence-electron chi connectivity index (χ0n) is 24.0. The van der Waals surface area contributed by atoms with Crippen molar-refractivity contribution in [2.45, 2.75) is 155 Å². The van der Waals surface area contributed by atoms with Gasteiger partial charge in [-0.1, -0.05) is 129 Å². The Bertz CT molecular complexity index is 436. The number of nitrogens with one attached hydrogen (secondary N) is 2. The van der Waals surface area contributed by atoms with Crippen molar-refractivity contribution in [2.24, 2.45) is 0 Å². The molecule has 2 N–H and O–H groups in total. The highest BCUT2D eigenvalue weighted by Crippen LogP contribution is 2.14. The van der Waals surface area contributed by atoms with Crippen LogP contribution >= 0.6 is 23.5 Å². The van der Waals surface area contributed by atoms with Crippen molar-refractivity contribution in [3.63, 3.8) is 0 Å². The minimum absolute atomic E-state index is 0.0862. The van der Waals surface area contributed by atoms with Crippen LogP contribution in [-0.2, 0) is 9.59 Å². The van der Waals surface area contributed by atoms with Gasteiger partial charge in [0, 0.05) is 24.3 Å². The van der Waals surface area contributed by atoms with Crippen LogP contribution < -0.4 is 10.9 Å². The van der Waals surface area contributed by atoms with Crippen molar-refractivity contribution in [3.05, 3.63) is 0 Å². The van der Waals surface area contributed by atoms with Gasteiger partial charge in [0.15, 0.2) is 0 Å². The molecule has 0 aromatic carbocycles. The number of rotatable bonds is 28. The van der Waals surface area contributed by atoms with Crippen LogP contribution in [0, 0.1) is 0 Å². The molecule has 214 valence electrons. The Morgan fingerprint density at radius 3 is 1.00 bits per heavy atom. The molecule has 0 heterocycles. The van der Waals surface area contributed by atoms with E-state index in [9.17, 15) is 9.59 Å². The fourth-order valence-corrected chi connectivity index (χ4v) is 6.07. The van der Waals surface area contributed by atoms with Crippen LogP contribution in [0.25, 0.3) is 0 Å². The summed E-state index contributed by atoms with van der Waals surface area (Å²) in [5.74, 6) is 3.74. The van der Waals surface area contributed by atoms with E-state index in [2.05, 4.69) is 24.7 Å². The van der Waals surface area contributed by atoms with Gasteiger partial charge in [0.25, 0.3) is 0 Å². The normalized spacial score (nSPS) is 11.1. The maximum absolute atomic E-state index is 11.9. The van der Waals surface area contributed by atoms with Crippen molar-refractivity contribution >= 4 is 35.3 Å². The lowest BCUT2D eigenvalue weighted by Gasteiger charge is -2.07. The van der Waals surface area contributed by atoms with E-state index in [1.54, 1.807) is 0 Å². The van der Waals surface area contributed by atoms with Crippen LogP contribution in [0.1, 0.15) is 155 Å². The average Bonchev–Trinajstić information content (AvgIpc) is 2.88. The first-order valence-corrected chi connectivity index (χ1v) is 17.7. The maximum atomic E-state index is 11.9. The van der Waals surface area contributed by atoms with Gasteiger partial charge in [0.1, 0.15) is 0 Å². The molecular weight excluding hydrogens is 484 g/mol. The fourth-order valence-electron chi connectivity index (χ4n) is 4.18. The van der Waals surface area contributed by atoms with E-state index in [0.29, 0.717) is 12.8 Å². The Hall–Kier alpha value is -0.360. The third-order valence-electron chi connectivity index (χ3n) is 6.57. The molecule has 0 aliphatic heterocycles. The lowest BCUT2D eigenvalue weighted by molar-refractivity contribution is -0.128. The largest absolute Gasteiger partial charge is 0.273 e. The van der Waals surface area contributed by atoms with E-state index in [0.717, 1.165) is 23.0 Å². The van der Waals surface area contributed by atoms with Crippen LogP contribution in [0.15, 0.2) is 0 Å². The molecule has 0 aliphatic carbocycles. The number of hydrogen-bond donors (Lipinski definition) is 2. The molecule has 0 fully saturated rings. The Labute approximate surface area is 233 Å². The molecule has 0 aromatic rings. The highest BCUT2D eigenvalue weighted by molar-refractivity contribution is 7.99. The predicted octanol–water partition coefficient (Wildman–Crippen LogP) is 9.22. The average molecular weight is 545 g/mol. The minimum atomic E-state index is -0.0862. The molecule has 0 bridgehead atoms. The first kappa shape index (κ1) is 35.6. The topological polar surface area (TPSA) is 58.2 Å². The number of amides is 2. The molecule has 0 unspecified atom stereocenters. The highest BCUT2D eigenvalue weighted by Gasteiger charge is 2.05. The van der Waals surface area contributed by atoms with Gasteiger partial charge >= 0.3 is 0 Å². The van der Waals surface area contributed by atoms with Gasteiger partial charge in [-0.3, -0.25) is 20.4 Å². The Kier molecular flexibility index (Phi) is 30.6. The quantitative estimate of drug-likeness (QED) is 0.0761. The number of thioether (sulfide) groups is 2. The van der Waals surface area contributed by atoms with E-state index < -0.39 is 0 Å². The number of carbonyl (C=O) groups is 2. The summed E-state index contributed by atoms with van der Waals surface area (Å²) in [6.07, 6.45) is 28.1. The summed E-state index contributed by atoms with van der Waals surface area (Å²) in [6, 6.07) is 0. The summed E-state index contributed by atoms with van der Waals surface area (Å²) in [5.41, 5.74) is 5.12. The van der Waals surface area contributed by atoms with Gasteiger partial charge in [-0.2, -0.15) is 23.5 Å². The molecule has 2 amide bonds. The van der Waals surface area contributed by atoms with Gasteiger partial charge in [-0.25, -0.2) is 0 Å². The van der Waals surface area contributed by atoms with Gasteiger partial charge in [0.2, 0.25) is 11.8 Å². The molecule has 0 spiro atoms. The smallest absolute Gasteiger partial charge is 0.239 e. The summed E-state index contributed by atoms with van der Waals surface area (Å²) in [5, 5.41) is 0. The molecule has 36 heavy (non-hydrogen) atoms. The Balaban J connectivity index is 3.28. The first-order valence-electron chi connectivity index (χ1n) is 15.4. The predicted molar refractivity (Wildman–Crippen MR) is 164 cm³/mol. The van der Waals surface area contributed by atoms with E-state index in [1.165, 1.54) is 128 Å². The first-order chi connectivity index (χ1) is 17.7. The van der Waals surface area contributed by atoms with E-state index in [-0.39, 0.29) is 11.8 Å². The summed E-state index contributed by atoms with van der Waals surface area (Å²) >= 11 is 3.69. The van der Waals surface area contributed by atoms with Crippen molar-refractivity contribution < 1.29 is 9.59 Å². The SMILES string of the molecule is CCCCCCCCCCCCSCCC(=O)NNC(=O)CCSCCCCCCCCCCCC. The van der Waals surface area contributed by atoms with Crippen LogP contribution in [0.2, 0.25) is 0 Å². The molecule has 0 aromatic heterocycles. The molecule has 0 aliphatic rings. The zero-order chi connectivity index (χ0) is 26.4. The third kappa shape index (κ3) is 29.9. The van der Waals surface area contributed by atoms with E-state index in [1.807, 2.05) is 23.5 Å². The van der Waals surface area contributed by atoms with Crippen LogP contribution in [0.3, 0.4) is 0 Å². The second kappa shape index (κ2) is 30.9. The van der Waals surface area contributed by atoms with Crippen molar-refractivity contribution in [2.75, 3.05) is 23.0 Å². The minimum Gasteiger partial charge on any atom is -0.273 e. The number of unbranched alkanes of at least 4 members (excludes halogenated alkanes) is 18. The molecule has 0 saturated carbocycles. The van der Waals surface area contributed by atoms with Gasteiger partial charge in [-0.05, 0) is 24.3 Å².